The number of halogens is 2. The van der Waals surface area contributed by atoms with Crippen LogP contribution >= 0.6 is 23.2 Å². The number of carbonyl (C=O) groups is 1. The van der Waals surface area contributed by atoms with E-state index in [2.05, 4.69) is 5.32 Å². The minimum absolute atomic E-state index is 0.0382. The molecule has 0 aromatic heterocycles. The van der Waals surface area contributed by atoms with E-state index in [9.17, 15) is 4.79 Å². The van der Waals surface area contributed by atoms with E-state index in [0.29, 0.717) is 33.8 Å². The number of amides is 1. The van der Waals surface area contributed by atoms with Crippen LogP contribution in [0.1, 0.15) is 5.56 Å². The lowest BCUT2D eigenvalue weighted by Crippen LogP contribution is -2.25. The first-order valence-electron chi connectivity index (χ1n) is 6.25. The second-order valence-corrected chi connectivity index (χ2v) is 5.35. The normalized spacial score (nSPS) is 13.1. The Morgan fingerprint density at radius 3 is 2.81 bits per heavy atom. The van der Waals surface area contributed by atoms with Crippen molar-refractivity contribution < 1.29 is 14.3 Å². The molecule has 0 unspecified atom stereocenters. The van der Waals surface area contributed by atoms with Crippen molar-refractivity contribution in [2.75, 3.05) is 11.9 Å². The van der Waals surface area contributed by atoms with Gasteiger partial charge in [-0.2, -0.15) is 0 Å². The lowest BCUT2D eigenvalue weighted by molar-refractivity contribution is -0.118. The third kappa shape index (κ3) is 3.23. The molecule has 1 aliphatic rings. The molecule has 21 heavy (non-hydrogen) atoms. The van der Waals surface area contributed by atoms with Gasteiger partial charge in [-0.05, 0) is 29.8 Å². The third-order valence-electron chi connectivity index (χ3n) is 2.97. The van der Waals surface area contributed by atoms with Gasteiger partial charge < -0.3 is 14.8 Å². The zero-order valence-electron chi connectivity index (χ0n) is 10.9. The first-order valence-corrected chi connectivity index (χ1v) is 7.01. The highest BCUT2D eigenvalue weighted by Gasteiger charge is 2.16. The molecule has 0 bridgehead atoms. The molecular weight excluding hydrogens is 313 g/mol. The fraction of sp³-hybridized carbons (Fsp3) is 0.133. The maximum absolute atomic E-state index is 11.3. The van der Waals surface area contributed by atoms with Crippen LogP contribution in [-0.4, -0.2) is 12.5 Å². The molecule has 0 radical (unpaired) electrons. The molecule has 1 N–H and O–H groups in total. The number of hydrogen-bond acceptors (Lipinski definition) is 3. The molecule has 0 saturated heterocycles. The van der Waals surface area contributed by atoms with Crippen molar-refractivity contribution in [3.05, 3.63) is 52.0 Å². The van der Waals surface area contributed by atoms with Gasteiger partial charge in [0.25, 0.3) is 5.91 Å². The van der Waals surface area contributed by atoms with E-state index in [1.807, 2.05) is 6.07 Å². The molecule has 0 fully saturated rings. The fourth-order valence-corrected chi connectivity index (χ4v) is 2.27. The number of ether oxygens (including phenoxy) is 2. The number of rotatable bonds is 3. The van der Waals surface area contributed by atoms with Gasteiger partial charge in [0.2, 0.25) is 0 Å². The average molecular weight is 324 g/mol. The van der Waals surface area contributed by atoms with Crippen LogP contribution in [0.15, 0.2) is 36.4 Å². The molecule has 0 aliphatic carbocycles. The number of anilines is 1. The van der Waals surface area contributed by atoms with Crippen molar-refractivity contribution in [1.29, 1.82) is 0 Å². The Labute approximate surface area is 131 Å². The lowest BCUT2D eigenvalue weighted by Gasteiger charge is -2.18. The summed E-state index contributed by atoms with van der Waals surface area (Å²) in [6, 6.07) is 10.6. The molecule has 2 aromatic rings. The Bertz CT molecular complexity index is 703. The zero-order chi connectivity index (χ0) is 14.8. The van der Waals surface area contributed by atoms with Crippen LogP contribution < -0.4 is 14.8 Å². The highest BCUT2D eigenvalue weighted by atomic mass is 35.5. The SMILES string of the molecule is O=C1COc2ccc(OCc3ccc(Cl)c(Cl)c3)cc2N1. The van der Waals surface area contributed by atoms with Crippen molar-refractivity contribution in [2.45, 2.75) is 6.61 Å². The first kappa shape index (κ1) is 14.0. The van der Waals surface area contributed by atoms with Crippen LogP contribution in [0.2, 0.25) is 10.0 Å². The highest BCUT2D eigenvalue weighted by molar-refractivity contribution is 6.42. The number of nitrogens with one attached hydrogen (secondary N) is 1. The monoisotopic (exact) mass is 323 g/mol. The molecule has 3 rings (SSSR count). The van der Waals surface area contributed by atoms with Crippen LogP contribution in [0.5, 0.6) is 11.5 Å². The third-order valence-corrected chi connectivity index (χ3v) is 3.71. The van der Waals surface area contributed by atoms with Gasteiger partial charge in [0.1, 0.15) is 18.1 Å². The lowest BCUT2D eigenvalue weighted by atomic mass is 10.2. The quantitative estimate of drug-likeness (QED) is 0.931. The molecular formula is C15H11Cl2NO3. The molecule has 6 heteroatoms. The van der Waals surface area contributed by atoms with Crippen LogP contribution in [0, 0.1) is 0 Å². The number of hydrogen-bond donors (Lipinski definition) is 1. The van der Waals surface area contributed by atoms with Gasteiger partial charge in [-0.3, -0.25) is 4.79 Å². The maximum Gasteiger partial charge on any atom is 0.262 e. The van der Waals surface area contributed by atoms with Gasteiger partial charge in [-0.15, -0.1) is 0 Å². The molecule has 1 heterocycles. The van der Waals surface area contributed by atoms with E-state index in [0.717, 1.165) is 5.56 Å². The summed E-state index contributed by atoms with van der Waals surface area (Å²) in [6.45, 7) is 0.390. The Kier molecular flexibility index (Phi) is 3.90. The van der Waals surface area contributed by atoms with Gasteiger partial charge in [-0.1, -0.05) is 29.3 Å². The van der Waals surface area contributed by atoms with Crippen LogP contribution in [-0.2, 0) is 11.4 Å². The standard InChI is InChI=1S/C15H11Cl2NO3/c16-11-3-1-9(5-12(11)17)7-20-10-2-4-14-13(6-10)18-15(19)8-21-14/h1-6H,7-8H2,(H,18,19). The molecule has 0 saturated carbocycles. The van der Waals surface area contributed by atoms with E-state index in [4.69, 9.17) is 32.7 Å². The Hall–Kier alpha value is -1.91. The van der Waals surface area contributed by atoms with E-state index in [1.54, 1.807) is 30.3 Å². The highest BCUT2D eigenvalue weighted by Crippen LogP contribution is 2.32. The van der Waals surface area contributed by atoms with Crippen molar-refractivity contribution in [2.24, 2.45) is 0 Å². The predicted octanol–water partition coefficient (Wildman–Crippen LogP) is 3.90. The molecule has 1 aliphatic heterocycles. The second kappa shape index (κ2) is 5.84. The summed E-state index contributed by atoms with van der Waals surface area (Å²) in [5.74, 6) is 1.09. The summed E-state index contributed by atoms with van der Waals surface area (Å²) in [4.78, 5) is 11.3. The molecule has 1 amide bonds. The fourth-order valence-electron chi connectivity index (χ4n) is 1.95. The van der Waals surface area contributed by atoms with Crippen molar-refractivity contribution in [3.63, 3.8) is 0 Å². The van der Waals surface area contributed by atoms with Crippen LogP contribution in [0.3, 0.4) is 0 Å². The smallest absolute Gasteiger partial charge is 0.262 e. The van der Waals surface area contributed by atoms with Crippen LogP contribution in [0.25, 0.3) is 0 Å². The van der Waals surface area contributed by atoms with Gasteiger partial charge in [0, 0.05) is 6.07 Å². The molecule has 4 nitrogen and oxygen atoms in total. The van der Waals surface area contributed by atoms with E-state index in [-0.39, 0.29) is 12.5 Å². The number of benzene rings is 2. The van der Waals surface area contributed by atoms with Gasteiger partial charge in [-0.25, -0.2) is 0 Å². The maximum atomic E-state index is 11.3. The Morgan fingerprint density at radius 2 is 2.00 bits per heavy atom. The average Bonchev–Trinajstić information content (AvgIpc) is 2.48. The first-order chi connectivity index (χ1) is 10.1. The summed E-state index contributed by atoms with van der Waals surface area (Å²) in [5.41, 5.74) is 1.51. The zero-order valence-corrected chi connectivity index (χ0v) is 12.4. The van der Waals surface area contributed by atoms with Crippen molar-refractivity contribution in [1.82, 2.24) is 0 Å². The predicted molar refractivity (Wildman–Crippen MR) is 81.4 cm³/mol. The largest absolute Gasteiger partial charge is 0.489 e. The topological polar surface area (TPSA) is 47.6 Å². The summed E-state index contributed by atoms with van der Waals surface area (Å²) in [7, 11) is 0. The van der Waals surface area contributed by atoms with Gasteiger partial charge in [0.15, 0.2) is 6.61 Å². The molecule has 108 valence electrons. The van der Waals surface area contributed by atoms with Crippen LogP contribution in [0.4, 0.5) is 5.69 Å². The Morgan fingerprint density at radius 1 is 1.14 bits per heavy atom. The summed E-state index contributed by atoms with van der Waals surface area (Å²) in [5, 5.41) is 3.73. The minimum Gasteiger partial charge on any atom is -0.489 e. The van der Waals surface area contributed by atoms with Crippen molar-refractivity contribution >= 4 is 34.8 Å². The molecule has 0 spiro atoms. The number of fused-ring (bicyclic) bond motifs is 1. The van der Waals surface area contributed by atoms with E-state index < -0.39 is 0 Å². The number of carbonyl (C=O) groups excluding carboxylic acids is 1. The second-order valence-electron chi connectivity index (χ2n) is 4.53. The van der Waals surface area contributed by atoms with Gasteiger partial charge >= 0.3 is 0 Å². The van der Waals surface area contributed by atoms with Crippen molar-refractivity contribution in [3.8, 4) is 11.5 Å². The summed E-state index contributed by atoms with van der Waals surface area (Å²) in [6.07, 6.45) is 0. The van der Waals surface area contributed by atoms with E-state index >= 15 is 0 Å². The molecule has 2 aromatic carbocycles. The summed E-state index contributed by atoms with van der Waals surface area (Å²) >= 11 is 11.8. The Balaban J connectivity index is 1.72. The molecule has 0 atom stereocenters. The van der Waals surface area contributed by atoms with E-state index in [1.165, 1.54) is 0 Å². The summed E-state index contributed by atoms with van der Waals surface area (Å²) < 4.78 is 11.0. The van der Waals surface area contributed by atoms with Gasteiger partial charge in [0.05, 0.1) is 15.7 Å². The minimum atomic E-state index is -0.177.